The van der Waals surface area contributed by atoms with Gasteiger partial charge in [0.2, 0.25) is 0 Å². The van der Waals surface area contributed by atoms with Crippen molar-refractivity contribution in [3.63, 3.8) is 0 Å². The molecule has 3 rings (SSSR count). The lowest BCUT2D eigenvalue weighted by Crippen LogP contribution is -2.16. The summed E-state index contributed by atoms with van der Waals surface area (Å²) in [5.41, 5.74) is 3.63. The van der Waals surface area contributed by atoms with Crippen LogP contribution in [0.4, 0.5) is 0 Å². The number of carbonyl (C=O) groups is 1. The summed E-state index contributed by atoms with van der Waals surface area (Å²) < 4.78 is 2.43. The summed E-state index contributed by atoms with van der Waals surface area (Å²) >= 11 is 0. The monoisotopic (exact) mass is 231 g/mol. The maximum atomic E-state index is 11.9. The Kier molecular flexibility index (Phi) is 2.81. The van der Waals surface area contributed by atoms with E-state index in [1.165, 1.54) is 37.1 Å². The van der Waals surface area contributed by atoms with Crippen LogP contribution in [-0.2, 0) is 13.0 Å². The maximum absolute atomic E-state index is 11.9. The zero-order chi connectivity index (χ0) is 11.8. The van der Waals surface area contributed by atoms with Crippen LogP contribution in [0.15, 0.2) is 6.07 Å². The highest BCUT2D eigenvalue weighted by atomic mass is 16.1. The molecule has 0 unspecified atom stereocenters. The lowest BCUT2D eigenvalue weighted by molar-refractivity contribution is 0.0971. The molecule has 0 aliphatic heterocycles. The molecular formula is C15H21NO. The molecule has 2 aliphatic carbocycles. The van der Waals surface area contributed by atoms with Crippen LogP contribution in [0.5, 0.6) is 0 Å². The van der Waals surface area contributed by atoms with Crippen molar-refractivity contribution >= 4 is 5.78 Å². The molecule has 0 saturated heterocycles. The molecule has 2 nitrogen and oxygen atoms in total. The van der Waals surface area contributed by atoms with Gasteiger partial charge < -0.3 is 4.57 Å². The van der Waals surface area contributed by atoms with Gasteiger partial charge in [-0.25, -0.2) is 0 Å². The number of aryl methyl sites for hydroxylation is 1. The van der Waals surface area contributed by atoms with Crippen LogP contribution < -0.4 is 0 Å². The van der Waals surface area contributed by atoms with Gasteiger partial charge in [0.15, 0.2) is 5.78 Å². The van der Waals surface area contributed by atoms with Crippen molar-refractivity contribution in [3.8, 4) is 0 Å². The molecule has 0 aromatic carbocycles. The van der Waals surface area contributed by atoms with Crippen LogP contribution in [0.25, 0.3) is 0 Å². The highest BCUT2D eigenvalue weighted by Crippen LogP contribution is 2.30. The van der Waals surface area contributed by atoms with Crippen molar-refractivity contribution in [2.75, 3.05) is 0 Å². The minimum atomic E-state index is 0.361. The lowest BCUT2D eigenvalue weighted by atomic mass is 9.96. The highest BCUT2D eigenvalue weighted by molar-refractivity contribution is 5.98. The smallest absolute Gasteiger partial charge is 0.164 e. The molecule has 0 amide bonds. The van der Waals surface area contributed by atoms with Crippen LogP contribution in [0, 0.1) is 12.8 Å². The molecule has 1 aromatic heterocycles. The Hall–Kier alpha value is -1.05. The summed E-state index contributed by atoms with van der Waals surface area (Å²) in [4.78, 5) is 11.9. The molecule has 92 valence electrons. The zero-order valence-corrected chi connectivity index (χ0v) is 10.7. The fourth-order valence-corrected chi connectivity index (χ4v) is 3.50. The number of hydrogen-bond donors (Lipinski definition) is 0. The fourth-order valence-electron chi connectivity index (χ4n) is 3.50. The number of hydrogen-bond acceptors (Lipinski definition) is 1. The second kappa shape index (κ2) is 4.32. The van der Waals surface area contributed by atoms with Crippen molar-refractivity contribution in [1.29, 1.82) is 0 Å². The zero-order valence-electron chi connectivity index (χ0n) is 10.7. The summed E-state index contributed by atoms with van der Waals surface area (Å²) in [6, 6.07) is 2.12. The summed E-state index contributed by atoms with van der Waals surface area (Å²) in [6.07, 6.45) is 8.43. The van der Waals surface area contributed by atoms with Gasteiger partial charge in [-0.15, -0.1) is 0 Å². The van der Waals surface area contributed by atoms with Crippen molar-refractivity contribution in [3.05, 3.63) is 23.0 Å². The lowest BCUT2D eigenvalue weighted by Gasteiger charge is -2.18. The minimum absolute atomic E-state index is 0.361. The third kappa shape index (κ3) is 1.94. The third-order valence-electron chi connectivity index (χ3n) is 4.45. The topological polar surface area (TPSA) is 22.0 Å². The predicted molar refractivity (Wildman–Crippen MR) is 68.4 cm³/mol. The third-order valence-corrected chi connectivity index (χ3v) is 4.45. The van der Waals surface area contributed by atoms with Gasteiger partial charge >= 0.3 is 0 Å². The van der Waals surface area contributed by atoms with Gasteiger partial charge in [0.25, 0.3) is 0 Å². The van der Waals surface area contributed by atoms with Gasteiger partial charge in [0, 0.05) is 29.9 Å². The Balaban J connectivity index is 1.90. The molecular weight excluding hydrogens is 210 g/mol. The average molecular weight is 231 g/mol. The second-order valence-electron chi connectivity index (χ2n) is 5.68. The molecule has 0 atom stereocenters. The van der Waals surface area contributed by atoms with Crippen LogP contribution in [0.3, 0.4) is 0 Å². The molecule has 1 aromatic rings. The van der Waals surface area contributed by atoms with E-state index in [0.717, 1.165) is 37.3 Å². The van der Waals surface area contributed by atoms with Crippen LogP contribution in [0.2, 0.25) is 0 Å². The van der Waals surface area contributed by atoms with Gasteiger partial charge in [-0.2, -0.15) is 0 Å². The van der Waals surface area contributed by atoms with Crippen LogP contribution in [-0.4, -0.2) is 10.4 Å². The van der Waals surface area contributed by atoms with Gasteiger partial charge in [-0.05, 0) is 44.6 Å². The maximum Gasteiger partial charge on any atom is 0.164 e. The summed E-state index contributed by atoms with van der Waals surface area (Å²) in [7, 11) is 0. The van der Waals surface area contributed by atoms with E-state index in [1.54, 1.807) is 0 Å². The number of carbonyl (C=O) groups excluding carboxylic acids is 1. The Morgan fingerprint density at radius 1 is 1.24 bits per heavy atom. The SMILES string of the molecule is Cc1cc2c(n1CC1CCCC1)CCCC2=O. The number of Topliss-reactive ketones (excluding diaryl/α,β-unsaturated/α-hetero) is 1. The van der Waals surface area contributed by atoms with E-state index >= 15 is 0 Å². The molecule has 1 saturated carbocycles. The minimum Gasteiger partial charge on any atom is -0.348 e. The Morgan fingerprint density at radius 3 is 2.76 bits per heavy atom. The first-order chi connectivity index (χ1) is 8.25. The van der Waals surface area contributed by atoms with E-state index in [1.807, 2.05) is 0 Å². The van der Waals surface area contributed by atoms with E-state index in [4.69, 9.17) is 0 Å². The molecule has 2 aliphatic rings. The fraction of sp³-hybridized carbons (Fsp3) is 0.667. The first-order valence-electron chi connectivity index (χ1n) is 6.98. The molecule has 0 bridgehead atoms. The van der Waals surface area contributed by atoms with E-state index < -0.39 is 0 Å². The van der Waals surface area contributed by atoms with Crippen LogP contribution >= 0.6 is 0 Å². The van der Waals surface area contributed by atoms with E-state index in [9.17, 15) is 4.79 Å². The van der Waals surface area contributed by atoms with E-state index in [-0.39, 0.29) is 0 Å². The number of rotatable bonds is 2. The molecule has 0 spiro atoms. The molecule has 17 heavy (non-hydrogen) atoms. The number of ketones is 1. The van der Waals surface area contributed by atoms with Gasteiger partial charge in [-0.3, -0.25) is 4.79 Å². The highest BCUT2D eigenvalue weighted by Gasteiger charge is 2.24. The van der Waals surface area contributed by atoms with Crippen molar-refractivity contribution in [2.45, 2.75) is 58.4 Å². The largest absolute Gasteiger partial charge is 0.348 e. The molecule has 0 radical (unpaired) electrons. The number of aromatic nitrogens is 1. The van der Waals surface area contributed by atoms with Gasteiger partial charge in [0.1, 0.15) is 0 Å². The Bertz CT molecular complexity index is 438. The van der Waals surface area contributed by atoms with Gasteiger partial charge in [-0.1, -0.05) is 12.8 Å². The first-order valence-corrected chi connectivity index (χ1v) is 6.98. The summed E-state index contributed by atoms with van der Waals surface area (Å²) in [5.74, 6) is 1.21. The van der Waals surface area contributed by atoms with E-state index in [0.29, 0.717) is 5.78 Å². The summed E-state index contributed by atoms with van der Waals surface area (Å²) in [5, 5.41) is 0. The Morgan fingerprint density at radius 2 is 2.00 bits per heavy atom. The van der Waals surface area contributed by atoms with E-state index in [2.05, 4.69) is 17.6 Å². The number of fused-ring (bicyclic) bond motifs is 1. The van der Waals surface area contributed by atoms with Crippen LogP contribution in [0.1, 0.15) is 60.3 Å². The van der Waals surface area contributed by atoms with Gasteiger partial charge in [0.05, 0.1) is 0 Å². The molecule has 0 N–H and O–H groups in total. The standard InChI is InChI=1S/C15H21NO/c1-11-9-13-14(7-4-8-15(13)17)16(11)10-12-5-2-3-6-12/h9,12H,2-8,10H2,1H3. The first kappa shape index (κ1) is 11.1. The Labute approximate surface area is 103 Å². The number of nitrogens with zero attached hydrogens (tertiary/aromatic N) is 1. The molecule has 2 heteroatoms. The van der Waals surface area contributed by atoms with Crippen molar-refractivity contribution < 1.29 is 4.79 Å². The predicted octanol–water partition coefficient (Wildman–Crippen LogP) is 3.51. The second-order valence-corrected chi connectivity index (χ2v) is 5.68. The quantitative estimate of drug-likeness (QED) is 0.763. The van der Waals surface area contributed by atoms with Crippen molar-refractivity contribution in [1.82, 2.24) is 4.57 Å². The van der Waals surface area contributed by atoms with Crippen molar-refractivity contribution in [2.24, 2.45) is 5.92 Å². The molecule has 1 heterocycles. The summed E-state index contributed by atoms with van der Waals surface area (Å²) in [6.45, 7) is 3.30. The molecule has 1 fully saturated rings. The average Bonchev–Trinajstić information content (AvgIpc) is 2.91. The normalized spacial score (nSPS) is 20.9.